The van der Waals surface area contributed by atoms with Gasteiger partial charge in [0.05, 0.1) is 5.52 Å². The molecule has 0 aliphatic rings. The number of rotatable bonds is 9. The van der Waals surface area contributed by atoms with Crippen molar-refractivity contribution in [3.63, 3.8) is 0 Å². The minimum Gasteiger partial charge on any atom is -0.373 e. The lowest BCUT2D eigenvalue weighted by Crippen LogP contribution is -1.91. The highest BCUT2D eigenvalue weighted by Gasteiger charge is 2.04. The molecule has 2 heterocycles. The lowest BCUT2D eigenvalue weighted by atomic mass is 10.1. The summed E-state index contributed by atoms with van der Waals surface area (Å²) >= 11 is 0. The van der Waals surface area contributed by atoms with Crippen molar-refractivity contribution in [3.05, 3.63) is 18.0 Å². The van der Waals surface area contributed by atoms with E-state index in [1.54, 1.807) is 0 Å². The van der Waals surface area contributed by atoms with Gasteiger partial charge >= 0.3 is 0 Å². The maximum Gasteiger partial charge on any atom is 0.179 e. The number of nitrogens with one attached hydrogen (secondary N) is 2. The Bertz CT molecular complexity index is 518. The van der Waals surface area contributed by atoms with E-state index in [0.29, 0.717) is 0 Å². The van der Waals surface area contributed by atoms with E-state index in [-0.39, 0.29) is 0 Å². The van der Waals surface area contributed by atoms with Crippen LogP contribution in [0.25, 0.3) is 11.2 Å². The highest BCUT2D eigenvalue weighted by atomic mass is 15.0. The second-order valence-corrected chi connectivity index (χ2v) is 5.37. The van der Waals surface area contributed by atoms with Crippen LogP contribution in [0.1, 0.15) is 57.7 Å². The number of aryl methyl sites for hydroxylation is 1. The molecule has 4 nitrogen and oxygen atoms in total. The Morgan fingerprint density at radius 3 is 2.50 bits per heavy atom. The number of hydrogen-bond donors (Lipinski definition) is 2. The van der Waals surface area contributed by atoms with E-state index in [1.807, 2.05) is 19.2 Å². The summed E-state index contributed by atoms with van der Waals surface area (Å²) in [6.45, 7) is 2.26. The molecule has 0 amide bonds. The minimum absolute atomic E-state index is 0.815. The number of hydrogen-bond acceptors (Lipinski definition) is 3. The molecule has 0 atom stereocenters. The molecule has 20 heavy (non-hydrogen) atoms. The Kier molecular flexibility index (Phi) is 5.84. The molecule has 0 aromatic carbocycles. The van der Waals surface area contributed by atoms with Crippen LogP contribution in [0.2, 0.25) is 0 Å². The Balaban J connectivity index is 1.76. The summed E-state index contributed by atoms with van der Waals surface area (Å²) < 4.78 is 0. The van der Waals surface area contributed by atoms with Gasteiger partial charge in [-0.15, -0.1) is 0 Å². The molecule has 0 saturated carbocycles. The van der Waals surface area contributed by atoms with E-state index in [1.165, 1.54) is 44.9 Å². The molecule has 2 aromatic heterocycles. The number of unbranched alkanes of at least 4 members (excludes halogenated alkanes) is 6. The summed E-state index contributed by atoms with van der Waals surface area (Å²) in [6, 6.07) is 4.01. The van der Waals surface area contributed by atoms with Gasteiger partial charge in [-0.2, -0.15) is 0 Å². The predicted molar refractivity (Wildman–Crippen MR) is 85.1 cm³/mol. The average Bonchev–Trinajstić information content (AvgIpc) is 2.87. The molecular weight excluding hydrogens is 248 g/mol. The van der Waals surface area contributed by atoms with Gasteiger partial charge < -0.3 is 10.3 Å². The zero-order valence-corrected chi connectivity index (χ0v) is 12.7. The summed E-state index contributed by atoms with van der Waals surface area (Å²) in [5, 5.41) is 3.04. The molecule has 2 N–H and O–H groups in total. The van der Waals surface area contributed by atoms with Gasteiger partial charge in [-0.25, -0.2) is 9.97 Å². The van der Waals surface area contributed by atoms with Crippen molar-refractivity contribution in [3.8, 4) is 0 Å². The van der Waals surface area contributed by atoms with E-state index in [9.17, 15) is 0 Å². The first-order valence-corrected chi connectivity index (χ1v) is 7.87. The van der Waals surface area contributed by atoms with Gasteiger partial charge in [-0.3, -0.25) is 0 Å². The van der Waals surface area contributed by atoms with Crippen LogP contribution in [0, 0.1) is 0 Å². The maximum atomic E-state index is 4.56. The van der Waals surface area contributed by atoms with Gasteiger partial charge in [0.2, 0.25) is 0 Å². The fourth-order valence-corrected chi connectivity index (χ4v) is 2.45. The Morgan fingerprint density at radius 1 is 1.00 bits per heavy atom. The van der Waals surface area contributed by atoms with E-state index < -0.39 is 0 Å². The van der Waals surface area contributed by atoms with Crippen molar-refractivity contribution < 1.29 is 0 Å². The number of aromatic nitrogens is 3. The molecule has 110 valence electrons. The second kappa shape index (κ2) is 7.88. The molecule has 0 aliphatic carbocycles. The molecule has 0 radical (unpaired) electrons. The third-order valence-electron chi connectivity index (χ3n) is 3.67. The van der Waals surface area contributed by atoms with E-state index >= 15 is 0 Å². The quantitative estimate of drug-likeness (QED) is 0.671. The van der Waals surface area contributed by atoms with Gasteiger partial charge in [0.25, 0.3) is 0 Å². The molecule has 0 fully saturated rings. The van der Waals surface area contributed by atoms with Gasteiger partial charge in [-0.1, -0.05) is 45.4 Å². The highest BCUT2D eigenvalue weighted by molar-refractivity contribution is 5.72. The van der Waals surface area contributed by atoms with E-state index in [0.717, 1.165) is 29.2 Å². The molecule has 0 saturated heterocycles. The van der Waals surface area contributed by atoms with Gasteiger partial charge in [0.1, 0.15) is 11.6 Å². The predicted octanol–water partition coefficient (Wildman–Crippen LogP) is 4.29. The largest absolute Gasteiger partial charge is 0.373 e. The number of nitrogens with zero attached hydrogens (tertiary/aromatic N) is 2. The van der Waals surface area contributed by atoms with Crippen molar-refractivity contribution in [2.45, 2.75) is 58.3 Å². The SMILES string of the molecule is CCCCCCCCCc1nc2nc(NC)ccc2[nH]1. The number of anilines is 1. The zero-order valence-electron chi connectivity index (χ0n) is 12.7. The first-order chi connectivity index (χ1) is 9.83. The Hall–Kier alpha value is -1.58. The van der Waals surface area contributed by atoms with Crippen LogP contribution >= 0.6 is 0 Å². The Morgan fingerprint density at radius 2 is 1.75 bits per heavy atom. The van der Waals surface area contributed by atoms with Crippen LogP contribution in [0.5, 0.6) is 0 Å². The summed E-state index contributed by atoms with van der Waals surface area (Å²) in [5.41, 5.74) is 1.84. The number of fused-ring (bicyclic) bond motifs is 1. The van der Waals surface area contributed by atoms with Crippen LogP contribution < -0.4 is 5.32 Å². The molecule has 0 aliphatic heterocycles. The Labute approximate surface area is 121 Å². The van der Waals surface area contributed by atoms with Crippen molar-refractivity contribution in [2.24, 2.45) is 0 Å². The zero-order chi connectivity index (χ0) is 14.2. The summed E-state index contributed by atoms with van der Waals surface area (Å²) in [7, 11) is 1.88. The molecule has 2 rings (SSSR count). The molecule has 0 unspecified atom stereocenters. The molecule has 4 heteroatoms. The lowest BCUT2D eigenvalue weighted by molar-refractivity contribution is 0.585. The van der Waals surface area contributed by atoms with E-state index in [4.69, 9.17) is 0 Å². The van der Waals surface area contributed by atoms with E-state index in [2.05, 4.69) is 27.2 Å². The van der Waals surface area contributed by atoms with Crippen LogP contribution in [0.3, 0.4) is 0 Å². The van der Waals surface area contributed by atoms with Crippen molar-refractivity contribution >= 4 is 17.0 Å². The number of pyridine rings is 1. The first kappa shape index (κ1) is 14.8. The van der Waals surface area contributed by atoms with Crippen molar-refractivity contribution in [1.29, 1.82) is 0 Å². The summed E-state index contributed by atoms with van der Waals surface area (Å²) in [4.78, 5) is 12.4. The fourth-order valence-electron chi connectivity index (χ4n) is 2.45. The van der Waals surface area contributed by atoms with Crippen LogP contribution in [0.4, 0.5) is 5.82 Å². The molecular formula is C16H26N4. The van der Waals surface area contributed by atoms with Crippen LogP contribution in [-0.2, 0) is 6.42 Å². The lowest BCUT2D eigenvalue weighted by Gasteiger charge is -1.99. The standard InChI is InChI=1S/C16H26N4/c1-3-4-5-6-7-8-9-10-15-18-13-11-12-14(17-2)19-16(13)20-15/h11-12H,3-10H2,1-2H3,(H2,17,18,19,20). The number of imidazole rings is 1. The van der Waals surface area contributed by atoms with Gasteiger partial charge in [-0.05, 0) is 18.6 Å². The minimum atomic E-state index is 0.815. The van der Waals surface area contributed by atoms with Crippen molar-refractivity contribution in [1.82, 2.24) is 15.0 Å². The smallest absolute Gasteiger partial charge is 0.179 e. The summed E-state index contributed by atoms with van der Waals surface area (Å²) in [6.07, 6.45) is 10.4. The van der Waals surface area contributed by atoms with Crippen molar-refractivity contribution in [2.75, 3.05) is 12.4 Å². The maximum absolute atomic E-state index is 4.56. The molecule has 0 bridgehead atoms. The fraction of sp³-hybridized carbons (Fsp3) is 0.625. The number of H-pyrrole nitrogens is 1. The van der Waals surface area contributed by atoms with Gasteiger partial charge in [0.15, 0.2) is 5.65 Å². The summed E-state index contributed by atoms with van der Waals surface area (Å²) in [5.74, 6) is 1.93. The topological polar surface area (TPSA) is 53.6 Å². The molecule has 0 spiro atoms. The third-order valence-corrected chi connectivity index (χ3v) is 3.67. The van der Waals surface area contributed by atoms with Crippen LogP contribution in [0.15, 0.2) is 12.1 Å². The third kappa shape index (κ3) is 4.22. The van der Waals surface area contributed by atoms with Crippen LogP contribution in [-0.4, -0.2) is 22.0 Å². The average molecular weight is 274 g/mol. The van der Waals surface area contributed by atoms with Gasteiger partial charge in [0, 0.05) is 13.5 Å². The monoisotopic (exact) mass is 274 g/mol. The second-order valence-electron chi connectivity index (χ2n) is 5.37. The highest BCUT2D eigenvalue weighted by Crippen LogP contribution is 2.14. The first-order valence-electron chi connectivity index (χ1n) is 7.87. The molecule has 2 aromatic rings. The normalized spacial score (nSPS) is 11.1. The number of aromatic amines is 1.